The molecule has 2 N–H and O–H groups in total. The predicted octanol–water partition coefficient (Wildman–Crippen LogP) is 1.88. The molecule has 0 saturated heterocycles. The summed E-state index contributed by atoms with van der Waals surface area (Å²) < 4.78 is 40.1. The number of pyridine rings is 1. The van der Waals surface area contributed by atoms with E-state index >= 15 is 0 Å². The van der Waals surface area contributed by atoms with Crippen LogP contribution in [0.15, 0.2) is 31.0 Å². The number of rotatable bonds is 2. The van der Waals surface area contributed by atoms with Crippen LogP contribution in [0.3, 0.4) is 0 Å². The second-order valence-corrected chi connectivity index (χ2v) is 3.87. The van der Waals surface area contributed by atoms with E-state index in [1.54, 1.807) is 11.6 Å². The van der Waals surface area contributed by atoms with E-state index in [1.165, 1.54) is 12.5 Å². The predicted molar refractivity (Wildman–Crippen MR) is 58.5 cm³/mol. The first-order chi connectivity index (χ1) is 8.41. The highest BCUT2D eigenvalue weighted by Crippen LogP contribution is 2.34. The van der Waals surface area contributed by atoms with Crippen LogP contribution in [0.5, 0.6) is 0 Å². The van der Waals surface area contributed by atoms with Crippen molar-refractivity contribution in [2.24, 2.45) is 12.8 Å². The second-order valence-electron chi connectivity index (χ2n) is 3.87. The highest BCUT2D eigenvalue weighted by atomic mass is 19.4. The third-order valence-electron chi connectivity index (χ3n) is 2.66. The summed E-state index contributed by atoms with van der Waals surface area (Å²) in [5.41, 5.74) is 5.52. The number of nitrogens with zero attached hydrogens (tertiary/aromatic N) is 3. The molecule has 96 valence electrons. The van der Waals surface area contributed by atoms with Gasteiger partial charge in [0.15, 0.2) is 0 Å². The lowest BCUT2D eigenvalue weighted by atomic mass is 10.0. The van der Waals surface area contributed by atoms with Gasteiger partial charge in [0.25, 0.3) is 0 Å². The van der Waals surface area contributed by atoms with E-state index in [9.17, 15) is 13.2 Å². The molecule has 1 unspecified atom stereocenters. The number of hydrogen-bond acceptors (Lipinski definition) is 3. The van der Waals surface area contributed by atoms with Gasteiger partial charge in [-0.25, -0.2) is 4.98 Å². The topological polar surface area (TPSA) is 56.7 Å². The molecule has 0 aliphatic heterocycles. The van der Waals surface area contributed by atoms with Crippen molar-refractivity contribution >= 4 is 0 Å². The molecule has 2 aromatic heterocycles. The minimum atomic E-state index is -4.45. The maximum Gasteiger partial charge on any atom is 0.416 e. The third kappa shape index (κ3) is 2.21. The average Bonchev–Trinajstić information content (AvgIpc) is 2.73. The Morgan fingerprint density at radius 2 is 2.00 bits per heavy atom. The average molecular weight is 256 g/mol. The lowest BCUT2D eigenvalue weighted by Crippen LogP contribution is -2.20. The van der Waals surface area contributed by atoms with E-state index < -0.39 is 17.8 Å². The molecule has 0 aliphatic rings. The highest BCUT2D eigenvalue weighted by molar-refractivity contribution is 5.33. The fraction of sp³-hybridized carbons (Fsp3) is 0.273. The Bertz CT molecular complexity index is 547. The van der Waals surface area contributed by atoms with Gasteiger partial charge in [-0.05, 0) is 6.07 Å². The number of halogens is 3. The quantitative estimate of drug-likeness (QED) is 0.892. The van der Waals surface area contributed by atoms with Crippen LogP contribution in [0.25, 0.3) is 0 Å². The van der Waals surface area contributed by atoms with E-state index in [0.717, 1.165) is 18.5 Å². The Hall–Kier alpha value is -1.89. The lowest BCUT2D eigenvalue weighted by Gasteiger charge is -2.17. The zero-order valence-corrected chi connectivity index (χ0v) is 9.52. The van der Waals surface area contributed by atoms with Crippen LogP contribution in [0.2, 0.25) is 0 Å². The van der Waals surface area contributed by atoms with E-state index in [1.807, 2.05) is 0 Å². The van der Waals surface area contributed by atoms with Gasteiger partial charge in [0.05, 0.1) is 29.8 Å². The van der Waals surface area contributed by atoms with Gasteiger partial charge in [-0.1, -0.05) is 0 Å². The maximum atomic E-state index is 12.8. The number of nitrogens with two attached hydrogens (primary N) is 1. The Morgan fingerprint density at radius 1 is 1.28 bits per heavy atom. The SMILES string of the molecule is Cn1cncc1C(N)c1cnccc1C(F)(F)F. The van der Waals surface area contributed by atoms with Crippen molar-refractivity contribution in [3.05, 3.63) is 47.8 Å². The third-order valence-corrected chi connectivity index (χ3v) is 2.66. The first-order valence-electron chi connectivity index (χ1n) is 5.14. The highest BCUT2D eigenvalue weighted by Gasteiger charge is 2.35. The molecule has 0 aromatic carbocycles. The standard InChI is InChI=1S/C11H11F3N4/c1-18-6-17-5-9(18)10(15)7-4-16-3-2-8(7)11(12,13)14/h2-6,10H,15H2,1H3. The zero-order chi connectivity index (χ0) is 13.3. The van der Waals surface area contributed by atoms with Crippen LogP contribution in [-0.4, -0.2) is 14.5 Å². The molecule has 0 bridgehead atoms. The summed E-state index contributed by atoms with van der Waals surface area (Å²) in [7, 11) is 1.67. The molecule has 0 spiro atoms. The van der Waals surface area contributed by atoms with Crippen molar-refractivity contribution < 1.29 is 13.2 Å². The Balaban J connectivity index is 2.49. The summed E-state index contributed by atoms with van der Waals surface area (Å²) in [6.07, 6.45) is 0.716. The largest absolute Gasteiger partial charge is 0.416 e. The first kappa shape index (κ1) is 12.6. The van der Waals surface area contributed by atoms with Gasteiger partial charge in [0.1, 0.15) is 0 Å². The number of alkyl halides is 3. The van der Waals surface area contributed by atoms with Crippen molar-refractivity contribution in [1.29, 1.82) is 0 Å². The summed E-state index contributed by atoms with van der Waals surface area (Å²) >= 11 is 0. The van der Waals surface area contributed by atoms with Gasteiger partial charge < -0.3 is 10.3 Å². The Labute approximate surface area is 101 Å². The number of hydrogen-bond donors (Lipinski definition) is 1. The Morgan fingerprint density at radius 3 is 2.56 bits per heavy atom. The van der Waals surface area contributed by atoms with E-state index in [0.29, 0.717) is 5.69 Å². The molecule has 2 heterocycles. The molecule has 1 atom stereocenters. The van der Waals surface area contributed by atoms with E-state index in [2.05, 4.69) is 9.97 Å². The van der Waals surface area contributed by atoms with Crippen LogP contribution in [0.4, 0.5) is 13.2 Å². The second kappa shape index (κ2) is 4.41. The van der Waals surface area contributed by atoms with Gasteiger partial charge in [-0.3, -0.25) is 4.98 Å². The van der Waals surface area contributed by atoms with Crippen molar-refractivity contribution in [3.8, 4) is 0 Å². The van der Waals surface area contributed by atoms with Crippen molar-refractivity contribution in [2.75, 3.05) is 0 Å². The zero-order valence-electron chi connectivity index (χ0n) is 9.52. The molecule has 2 aromatic rings. The van der Waals surface area contributed by atoms with E-state index in [4.69, 9.17) is 5.73 Å². The number of imidazole rings is 1. The van der Waals surface area contributed by atoms with Crippen LogP contribution in [0, 0.1) is 0 Å². The molecule has 0 fully saturated rings. The molecule has 0 aliphatic carbocycles. The molecule has 2 rings (SSSR count). The summed E-state index contributed by atoms with van der Waals surface area (Å²) in [5.74, 6) is 0. The maximum absolute atomic E-state index is 12.8. The first-order valence-corrected chi connectivity index (χ1v) is 5.14. The number of aryl methyl sites for hydroxylation is 1. The van der Waals surface area contributed by atoms with Crippen molar-refractivity contribution in [3.63, 3.8) is 0 Å². The molecular formula is C11H11F3N4. The van der Waals surface area contributed by atoms with Crippen LogP contribution in [-0.2, 0) is 13.2 Å². The molecule has 7 heteroatoms. The van der Waals surface area contributed by atoms with Crippen LogP contribution < -0.4 is 5.73 Å². The minimum Gasteiger partial charge on any atom is -0.336 e. The lowest BCUT2D eigenvalue weighted by molar-refractivity contribution is -0.138. The molecule has 0 saturated carbocycles. The fourth-order valence-electron chi connectivity index (χ4n) is 1.74. The smallest absolute Gasteiger partial charge is 0.336 e. The molecule has 18 heavy (non-hydrogen) atoms. The van der Waals surface area contributed by atoms with Gasteiger partial charge >= 0.3 is 6.18 Å². The molecular weight excluding hydrogens is 245 g/mol. The Kier molecular flexibility index (Phi) is 3.08. The number of aromatic nitrogens is 3. The molecule has 0 amide bonds. The van der Waals surface area contributed by atoms with Gasteiger partial charge in [-0.2, -0.15) is 13.2 Å². The molecule has 0 radical (unpaired) electrons. The monoisotopic (exact) mass is 256 g/mol. The van der Waals surface area contributed by atoms with Crippen molar-refractivity contribution in [2.45, 2.75) is 12.2 Å². The molecule has 4 nitrogen and oxygen atoms in total. The summed E-state index contributed by atoms with van der Waals surface area (Å²) in [6.45, 7) is 0. The van der Waals surface area contributed by atoms with Crippen LogP contribution in [0.1, 0.15) is 22.9 Å². The van der Waals surface area contributed by atoms with Crippen molar-refractivity contribution in [1.82, 2.24) is 14.5 Å². The summed E-state index contributed by atoms with van der Waals surface area (Å²) in [4.78, 5) is 7.55. The summed E-state index contributed by atoms with van der Waals surface area (Å²) in [5, 5.41) is 0. The minimum absolute atomic E-state index is 0.0615. The van der Waals surface area contributed by atoms with Crippen LogP contribution >= 0.6 is 0 Å². The van der Waals surface area contributed by atoms with Gasteiger partial charge in [-0.15, -0.1) is 0 Å². The normalized spacial score (nSPS) is 13.6. The summed E-state index contributed by atoms with van der Waals surface area (Å²) in [6, 6.07) is 0.00813. The van der Waals surface area contributed by atoms with E-state index in [-0.39, 0.29) is 5.56 Å². The van der Waals surface area contributed by atoms with Gasteiger partial charge in [0, 0.05) is 25.0 Å². The fourth-order valence-corrected chi connectivity index (χ4v) is 1.74. The van der Waals surface area contributed by atoms with Gasteiger partial charge in [0.2, 0.25) is 0 Å².